The summed E-state index contributed by atoms with van der Waals surface area (Å²) in [5.41, 5.74) is 1.50. The fourth-order valence-corrected chi connectivity index (χ4v) is 2.30. The Morgan fingerprint density at radius 2 is 2.12 bits per heavy atom. The van der Waals surface area contributed by atoms with Crippen molar-refractivity contribution < 1.29 is 14.6 Å². The molecule has 3 rings (SSSR count). The van der Waals surface area contributed by atoms with Crippen LogP contribution in [0, 0.1) is 0 Å². The molecule has 0 unspecified atom stereocenters. The molecule has 3 aromatic rings. The van der Waals surface area contributed by atoms with E-state index in [1.54, 1.807) is 19.2 Å². The molecule has 0 radical (unpaired) electrons. The SMILES string of the molecule is COc1ccc(Cn2cccc2C(=O)C=C(O)c2nc[nH]n2)cc1. The number of aromatic nitrogens is 4. The third kappa shape index (κ3) is 3.35. The second kappa shape index (κ2) is 6.82. The van der Waals surface area contributed by atoms with Gasteiger partial charge in [0.25, 0.3) is 0 Å². The first-order valence-electron chi connectivity index (χ1n) is 7.26. The second-order valence-electron chi connectivity index (χ2n) is 5.09. The van der Waals surface area contributed by atoms with Crippen LogP contribution in [0.15, 0.2) is 55.0 Å². The number of methoxy groups -OCH3 is 1. The lowest BCUT2D eigenvalue weighted by Gasteiger charge is -2.08. The van der Waals surface area contributed by atoms with Crippen LogP contribution in [0.25, 0.3) is 5.76 Å². The zero-order valence-electron chi connectivity index (χ0n) is 13.0. The summed E-state index contributed by atoms with van der Waals surface area (Å²) >= 11 is 0. The van der Waals surface area contributed by atoms with Crippen LogP contribution in [0.4, 0.5) is 0 Å². The summed E-state index contributed by atoms with van der Waals surface area (Å²) in [6.45, 7) is 0.535. The van der Waals surface area contributed by atoms with E-state index in [9.17, 15) is 9.90 Å². The minimum absolute atomic E-state index is 0.0802. The molecule has 0 saturated carbocycles. The van der Waals surface area contributed by atoms with E-state index in [1.807, 2.05) is 35.0 Å². The van der Waals surface area contributed by atoms with Gasteiger partial charge >= 0.3 is 0 Å². The van der Waals surface area contributed by atoms with Gasteiger partial charge in [0.05, 0.1) is 12.8 Å². The number of aromatic amines is 1. The van der Waals surface area contributed by atoms with E-state index in [0.717, 1.165) is 17.4 Å². The molecular weight excluding hydrogens is 308 g/mol. The van der Waals surface area contributed by atoms with Crippen LogP contribution < -0.4 is 4.74 Å². The molecule has 0 aliphatic carbocycles. The normalized spacial score (nSPS) is 11.5. The van der Waals surface area contributed by atoms with E-state index in [1.165, 1.54) is 6.33 Å². The highest BCUT2D eigenvalue weighted by molar-refractivity contribution is 6.06. The Hall–Kier alpha value is -3.35. The van der Waals surface area contributed by atoms with Gasteiger partial charge in [0, 0.05) is 18.8 Å². The van der Waals surface area contributed by atoms with Crippen LogP contribution in [0.3, 0.4) is 0 Å². The van der Waals surface area contributed by atoms with Crippen molar-refractivity contribution in [1.82, 2.24) is 19.7 Å². The first-order chi connectivity index (χ1) is 11.7. The van der Waals surface area contributed by atoms with Crippen molar-refractivity contribution in [3.63, 3.8) is 0 Å². The number of hydrogen-bond acceptors (Lipinski definition) is 5. The monoisotopic (exact) mass is 324 g/mol. The van der Waals surface area contributed by atoms with E-state index in [2.05, 4.69) is 15.2 Å². The van der Waals surface area contributed by atoms with Crippen LogP contribution in [0.5, 0.6) is 5.75 Å². The minimum Gasteiger partial charge on any atom is -0.504 e. The number of nitrogens with one attached hydrogen (secondary N) is 1. The number of allylic oxidation sites excluding steroid dienone is 1. The predicted molar refractivity (Wildman–Crippen MR) is 87.8 cm³/mol. The molecule has 2 N–H and O–H groups in total. The van der Waals surface area contributed by atoms with Crippen LogP contribution in [0.2, 0.25) is 0 Å². The number of hydrogen-bond donors (Lipinski definition) is 2. The van der Waals surface area contributed by atoms with Crippen molar-refractivity contribution in [2.75, 3.05) is 7.11 Å². The highest BCUT2D eigenvalue weighted by Crippen LogP contribution is 2.15. The standard InChI is InChI=1S/C17H16N4O3/c1-24-13-6-4-12(5-7-13)10-21-8-2-3-14(21)15(22)9-16(23)17-18-11-19-20-17/h2-9,11,23H,10H2,1H3,(H,18,19,20). The number of H-pyrrole nitrogens is 1. The number of carbonyl (C=O) groups excluding carboxylic acids is 1. The van der Waals surface area contributed by atoms with Gasteiger partial charge in [0.2, 0.25) is 11.6 Å². The maximum Gasteiger partial charge on any atom is 0.215 e. The smallest absolute Gasteiger partial charge is 0.215 e. The zero-order valence-corrected chi connectivity index (χ0v) is 13.0. The average Bonchev–Trinajstić information content (AvgIpc) is 3.27. The Morgan fingerprint density at radius 3 is 2.79 bits per heavy atom. The van der Waals surface area contributed by atoms with Crippen LogP contribution in [0.1, 0.15) is 21.9 Å². The van der Waals surface area contributed by atoms with Gasteiger partial charge < -0.3 is 14.4 Å². The van der Waals surface area contributed by atoms with Gasteiger partial charge in [-0.15, -0.1) is 0 Å². The lowest BCUT2D eigenvalue weighted by atomic mass is 10.2. The van der Waals surface area contributed by atoms with Gasteiger partial charge in [-0.1, -0.05) is 12.1 Å². The molecule has 0 bridgehead atoms. The largest absolute Gasteiger partial charge is 0.504 e. The summed E-state index contributed by atoms with van der Waals surface area (Å²) in [7, 11) is 1.62. The highest BCUT2D eigenvalue weighted by Gasteiger charge is 2.12. The number of rotatable bonds is 6. The molecule has 2 aromatic heterocycles. The van der Waals surface area contributed by atoms with Gasteiger partial charge in [0.15, 0.2) is 5.76 Å². The lowest BCUT2D eigenvalue weighted by Crippen LogP contribution is -2.08. The third-order valence-corrected chi connectivity index (χ3v) is 3.51. The summed E-state index contributed by atoms with van der Waals surface area (Å²) in [4.78, 5) is 16.2. The Morgan fingerprint density at radius 1 is 1.33 bits per heavy atom. The number of ether oxygens (including phenoxy) is 1. The summed E-state index contributed by atoms with van der Waals surface area (Å²) in [5, 5.41) is 16.1. The quantitative estimate of drug-likeness (QED) is 0.413. The molecule has 0 amide bonds. The van der Waals surface area contributed by atoms with E-state index in [4.69, 9.17) is 4.74 Å². The number of aliphatic hydroxyl groups is 1. The molecule has 0 fully saturated rings. The number of benzene rings is 1. The number of carbonyl (C=O) groups is 1. The summed E-state index contributed by atoms with van der Waals surface area (Å²) in [6, 6.07) is 11.1. The van der Waals surface area contributed by atoms with Gasteiger partial charge in [-0.25, -0.2) is 4.98 Å². The van der Waals surface area contributed by atoms with Crippen molar-refractivity contribution in [3.05, 3.63) is 72.1 Å². The zero-order chi connectivity index (χ0) is 16.9. The van der Waals surface area contributed by atoms with Gasteiger partial charge in [-0.2, -0.15) is 5.10 Å². The van der Waals surface area contributed by atoms with Crippen LogP contribution in [-0.4, -0.2) is 37.7 Å². The van der Waals surface area contributed by atoms with Crippen molar-refractivity contribution >= 4 is 11.5 Å². The first kappa shape index (κ1) is 15.5. The maximum absolute atomic E-state index is 12.4. The predicted octanol–water partition coefficient (Wildman–Crippen LogP) is 2.44. The molecule has 2 heterocycles. The van der Waals surface area contributed by atoms with E-state index in [-0.39, 0.29) is 17.4 Å². The van der Waals surface area contributed by atoms with Gasteiger partial charge in [-0.3, -0.25) is 9.89 Å². The summed E-state index contributed by atoms with van der Waals surface area (Å²) in [5.74, 6) is 0.257. The van der Waals surface area contributed by atoms with E-state index in [0.29, 0.717) is 12.2 Å². The lowest BCUT2D eigenvalue weighted by molar-refractivity contribution is 0.103. The molecule has 24 heavy (non-hydrogen) atoms. The first-order valence-corrected chi connectivity index (χ1v) is 7.26. The molecule has 0 spiro atoms. The summed E-state index contributed by atoms with van der Waals surface area (Å²) in [6.07, 6.45) is 4.26. The van der Waals surface area contributed by atoms with Crippen molar-refractivity contribution in [2.24, 2.45) is 0 Å². The topological polar surface area (TPSA) is 93.0 Å². The van der Waals surface area contributed by atoms with Crippen molar-refractivity contribution in [2.45, 2.75) is 6.54 Å². The maximum atomic E-state index is 12.4. The third-order valence-electron chi connectivity index (χ3n) is 3.51. The number of ketones is 1. The second-order valence-corrected chi connectivity index (χ2v) is 5.09. The Labute approximate surface area is 138 Å². The molecule has 7 heteroatoms. The molecule has 122 valence electrons. The molecule has 0 saturated heterocycles. The van der Waals surface area contributed by atoms with Crippen LogP contribution >= 0.6 is 0 Å². The van der Waals surface area contributed by atoms with Crippen LogP contribution in [-0.2, 0) is 6.54 Å². The molecule has 7 nitrogen and oxygen atoms in total. The molecule has 0 aliphatic heterocycles. The number of aliphatic hydroxyl groups excluding tert-OH is 1. The Bertz CT molecular complexity index is 848. The molecule has 0 atom stereocenters. The summed E-state index contributed by atoms with van der Waals surface area (Å²) < 4.78 is 6.95. The minimum atomic E-state index is -0.323. The average molecular weight is 324 g/mol. The van der Waals surface area contributed by atoms with Crippen molar-refractivity contribution in [3.8, 4) is 5.75 Å². The molecule has 0 aliphatic rings. The molecular formula is C17H16N4O3. The molecule has 1 aromatic carbocycles. The van der Waals surface area contributed by atoms with Crippen molar-refractivity contribution in [1.29, 1.82) is 0 Å². The van der Waals surface area contributed by atoms with E-state index < -0.39 is 0 Å². The highest BCUT2D eigenvalue weighted by atomic mass is 16.5. The Kier molecular flexibility index (Phi) is 4.42. The van der Waals surface area contributed by atoms with Gasteiger partial charge in [0.1, 0.15) is 12.1 Å². The van der Waals surface area contributed by atoms with E-state index >= 15 is 0 Å². The fraction of sp³-hybridized carbons (Fsp3) is 0.118. The van der Waals surface area contributed by atoms with Gasteiger partial charge in [-0.05, 0) is 29.8 Å². The number of nitrogens with zero attached hydrogens (tertiary/aromatic N) is 3. The fourth-order valence-electron chi connectivity index (χ4n) is 2.30. The Balaban J connectivity index is 1.79.